The van der Waals surface area contributed by atoms with Crippen molar-refractivity contribution < 1.29 is 14.5 Å². The van der Waals surface area contributed by atoms with E-state index in [4.69, 9.17) is 16.3 Å². The first-order valence-electron chi connectivity index (χ1n) is 6.36. The van der Waals surface area contributed by atoms with Crippen LogP contribution in [0.25, 0.3) is 0 Å². The van der Waals surface area contributed by atoms with Crippen molar-refractivity contribution in [3.8, 4) is 5.75 Å². The minimum Gasteiger partial charge on any atom is -0.487 e. The molecule has 2 aromatic rings. The molecule has 114 valence electrons. The highest BCUT2D eigenvalue weighted by atomic mass is 35.5. The normalized spacial score (nSPS) is 10.1. The second-order valence-corrected chi connectivity index (χ2v) is 4.56. The van der Waals surface area contributed by atoms with E-state index in [9.17, 15) is 14.9 Å². The van der Waals surface area contributed by atoms with Crippen LogP contribution in [0, 0.1) is 10.1 Å². The zero-order chi connectivity index (χ0) is 16.1. The molecule has 1 amide bonds. The maximum Gasteiger partial charge on any atom is 0.311 e. The molecule has 0 unspecified atom stereocenters. The Morgan fingerprint density at radius 2 is 2.18 bits per heavy atom. The van der Waals surface area contributed by atoms with E-state index in [1.165, 1.54) is 12.1 Å². The fourth-order valence-electron chi connectivity index (χ4n) is 1.75. The zero-order valence-electron chi connectivity index (χ0n) is 11.6. The lowest BCUT2D eigenvalue weighted by Gasteiger charge is -2.07. The highest BCUT2D eigenvalue weighted by molar-refractivity contribution is 6.29. The van der Waals surface area contributed by atoms with Gasteiger partial charge < -0.3 is 10.1 Å². The summed E-state index contributed by atoms with van der Waals surface area (Å²) in [5.74, 6) is -0.153. The number of carbonyl (C=O) groups excluding carboxylic acids is 1. The first kappa shape index (κ1) is 15.7. The first-order chi connectivity index (χ1) is 10.5. The van der Waals surface area contributed by atoms with E-state index < -0.39 is 10.8 Å². The van der Waals surface area contributed by atoms with E-state index in [2.05, 4.69) is 10.3 Å². The summed E-state index contributed by atoms with van der Waals surface area (Å²) in [6, 6.07) is 8.75. The Hall–Kier alpha value is -2.67. The Morgan fingerprint density at radius 3 is 2.82 bits per heavy atom. The predicted molar refractivity (Wildman–Crippen MR) is 81.5 cm³/mol. The summed E-state index contributed by atoms with van der Waals surface area (Å²) < 4.78 is 5.16. The quantitative estimate of drug-likeness (QED) is 0.518. The molecule has 1 heterocycles. The molecule has 0 aliphatic carbocycles. The third-order valence-corrected chi connectivity index (χ3v) is 2.88. The van der Waals surface area contributed by atoms with Crippen molar-refractivity contribution in [2.45, 2.75) is 6.92 Å². The number of anilines is 1. The maximum absolute atomic E-state index is 12.1. The maximum atomic E-state index is 12.1. The molecule has 0 radical (unpaired) electrons. The van der Waals surface area contributed by atoms with Crippen LogP contribution in [0.2, 0.25) is 5.15 Å². The molecule has 0 aliphatic heterocycles. The number of benzene rings is 1. The number of hydrogen-bond donors (Lipinski definition) is 1. The molecule has 7 nitrogen and oxygen atoms in total. The molecular formula is C14H12ClN3O4. The van der Waals surface area contributed by atoms with Crippen LogP contribution >= 0.6 is 11.6 Å². The fourth-order valence-corrected chi connectivity index (χ4v) is 1.91. The predicted octanol–water partition coefficient (Wildman–Crippen LogP) is 3.29. The van der Waals surface area contributed by atoms with Gasteiger partial charge in [-0.25, -0.2) is 4.98 Å². The molecule has 1 aromatic heterocycles. The van der Waals surface area contributed by atoms with Gasteiger partial charge in [-0.05, 0) is 31.2 Å². The molecule has 0 aliphatic rings. The topological polar surface area (TPSA) is 94.4 Å². The van der Waals surface area contributed by atoms with Crippen LogP contribution < -0.4 is 10.1 Å². The highest BCUT2D eigenvalue weighted by Crippen LogP contribution is 2.28. The molecule has 0 saturated heterocycles. The van der Waals surface area contributed by atoms with Gasteiger partial charge in [-0.1, -0.05) is 17.7 Å². The molecule has 0 atom stereocenters. The summed E-state index contributed by atoms with van der Waals surface area (Å²) >= 11 is 5.73. The van der Waals surface area contributed by atoms with Gasteiger partial charge in [0.2, 0.25) is 0 Å². The number of nitrogens with zero attached hydrogens (tertiary/aromatic N) is 2. The van der Waals surface area contributed by atoms with Gasteiger partial charge in [0.15, 0.2) is 5.75 Å². The number of nitro groups is 1. The number of halogens is 1. The van der Waals surface area contributed by atoms with Crippen molar-refractivity contribution in [2.24, 2.45) is 0 Å². The van der Waals surface area contributed by atoms with Crippen LogP contribution in [0.3, 0.4) is 0 Å². The Kier molecular flexibility index (Phi) is 4.90. The van der Waals surface area contributed by atoms with Gasteiger partial charge >= 0.3 is 5.69 Å². The van der Waals surface area contributed by atoms with Crippen molar-refractivity contribution in [1.29, 1.82) is 0 Å². The van der Waals surface area contributed by atoms with Crippen LogP contribution in [0.15, 0.2) is 36.4 Å². The number of amides is 1. The van der Waals surface area contributed by atoms with Gasteiger partial charge in [0.1, 0.15) is 11.0 Å². The summed E-state index contributed by atoms with van der Waals surface area (Å²) in [5.41, 5.74) is -0.148. The highest BCUT2D eigenvalue weighted by Gasteiger charge is 2.18. The van der Waals surface area contributed by atoms with Crippen LogP contribution in [-0.2, 0) is 0 Å². The number of hydrogen-bond acceptors (Lipinski definition) is 5. The molecular weight excluding hydrogens is 310 g/mol. The summed E-state index contributed by atoms with van der Waals surface area (Å²) in [4.78, 5) is 26.5. The summed E-state index contributed by atoms with van der Waals surface area (Å²) in [6.07, 6.45) is 0. The lowest BCUT2D eigenvalue weighted by molar-refractivity contribution is -0.385. The number of ether oxygens (including phenoxy) is 1. The monoisotopic (exact) mass is 321 g/mol. The van der Waals surface area contributed by atoms with E-state index in [0.717, 1.165) is 6.07 Å². The Bertz CT molecular complexity index is 721. The molecule has 2 rings (SSSR count). The van der Waals surface area contributed by atoms with E-state index in [0.29, 0.717) is 6.61 Å². The average molecular weight is 322 g/mol. The van der Waals surface area contributed by atoms with E-state index in [1.807, 2.05) is 0 Å². The van der Waals surface area contributed by atoms with Crippen LogP contribution in [0.4, 0.5) is 11.5 Å². The SMILES string of the molecule is CCOc1ccc(C(=O)Nc2cccc(Cl)n2)cc1[N+](=O)[O-]. The van der Waals surface area contributed by atoms with Crippen molar-refractivity contribution in [1.82, 2.24) is 4.98 Å². The second kappa shape index (κ2) is 6.86. The van der Waals surface area contributed by atoms with Crippen LogP contribution in [0.1, 0.15) is 17.3 Å². The Labute approximate surface area is 131 Å². The van der Waals surface area contributed by atoms with Gasteiger partial charge in [0, 0.05) is 11.6 Å². The first-order valence-corrected chi connectivity index (χ1v) is 6.74. The van der Waals surface area contributed by atoms with Crippen molar-refractivity contribution in [3.05, 3.63) is 57.2 Å². The standard InChI is InChI=1S/C14H12ClN3O4/c1-2-22-11-7-6-9(8-10(11)18(20)21)14(19)17-13-5-3-4-12(15)16-13/h3-8H,2H2,1H3,(H,16,17,19). The Morgan fingerprint density at radius 1 is 1.41 bits per heavy atom. The molecule has 1 N–H and O–H groups in total. The van der Waals surface area contributed by atoms with E-state index in [-0.39, 0.29) is 28.0 Å². The largest absolute Gasteiger partial charge is 0.487 e. The van der Waals surface area contributed by atoms with Gasteiger partial charge in [0.25, 0.3) is 5.91 Å². The number of nitrogens with one attached hydrogen (secondary N) is 1. The molecule has 8 heteroatoms. The summed E-state index contributed by atoms with van der Waals surface area (Å²) in [7, 11) is 0. The Balaban J connectivity index is 2.26. The molecule has 1 aromatic carbocycles. The van der Waals surface area contributed by atoms with Crippen LogP contribution in [-0.4, -0.2) is 22.4 Å². The van der Waals surface area contributed by atoms with Gasteiger partial charge in [-0.3, -0.25) is 14.9 Å². The number of carbonyl (C=O) groups is 1. The zero-order valence-corrected chi connectivity index (χ0v) is 12.3. The smallest absolute Gasteiger partial charge is 0.311 e. The average Bonchev–Trinajstić information content (AvgIpc) is 2.47. The van der Waals surface area contributed by atoms with Gasteiger partial charge in [0.05, 0.1) is 11.5 Å². The molecule has 0 spiro atoms. The minimum absolute atomic E-state index is 0.116. The number of nitro benzene ring substituents is 1. The summed E-state index contributed by atoms with van der Waals surface area (Å²) in [5, 5.41) is 13.8. The van der Waals surface area contributed by atoms with Crippen molar-refractivity contribution in [2.75, 3.05) is 11.9 Å². The van der Waals surface area contributed by atoms with Crippen molar-refractivity contribution >= 4 is 29.0 Å². The lowest BCUT2D eigenvalue weighted by Crippen LogP contribution is -2.13. The number of pyridine rings is 1. The molecule has 0 bridgehead atoms. The number of rotatable bonds is 5. The van der Waals surface area contributed by atoms with Gasteiger partial charge in [-0.15, -0.1) is 0 Å². The molecule has 0 fully saturated rings. The summed E-state index contributed by atoms with van der Waals surface area (Å²) in [6.45, 7) is 2.01. The molecule has 0 saturated carbocycles. The third kappa shape index (κ3) is 3.70. The fraction of sp³-hybridized carbons (Fsp3) is 0.143. The second-order valence-electron chi connectivity index (χ2n) is 4.17. The van der Waals surface area contributed by atoms with Crippen molar-refractivity contribution in [3.63, 3.8) is 0 Å². The van der Waals surface area contributed by atoms with E-state index >= 15 is 0 Å². The van der Waals surface area contributed by atoms with Gasteiger partial charge in [-0.2, -0.15) is 0 Å². The number of aromatic nitrogens is 1. The molecule has 22 heavy (non-hydrogen) atoms. The van der Waals surface area contributed by atoms with E-state index in [1.54, 1.807) is 25.1 Å². The minimum atomic E-state index is -0.598. The van der Waals surface area contributed by atoms with Crippen LogP contribution in [0.5, 0.6) is 5.75 Å². The lowest BCUT2D eigenvalue weighted by atomic mass is 10.1. The third-order valence-electron chi connectivity index (χ3n) is 2.67.